The number of rotatable bonds is 2. The average molecular weight is 233 g/mol. The van der Waals surface area contributed by atoms with Crippen molar-refractivity contribution in [3.63, 3.8) is 0 Å². The second kappa shape index (κ2) is 4.13. The molecule has 17 heavy (non-hydrogen) atoms. The number of fused-ring (bicyclic) bond motifs is 1. The number of hydrogen-bond donors (Lipinski definition) is 0. The van der Waals surface area contributed by atoms with Crippen LogP contribution in [0.25, 0.3) is 0 Å². The predicted molar refractivity (Wildman–Crippen MR) is 64.8 cm³/mol. The van der Waals surface area contributed by atoms with Crippen LogP contribution >= 0.6 is 0 Å². The molecule has 2 nitrogen and oxygen atoms in total. The molecular weight excluding hydrogens is 217 g/mol. The number of nitrogens with zero attached hydrogens (tertiary/aromatic N) is 1. The van der Waals surface area contributed by atoms with Gasteiger partial charge in [-0.1, -0.05) is 12.5 Å². The van der Waals surface area contributed by atoms with Gasteiger partial charge < -0.3 is 4.90 Å². The van der Waals surface area contributed by atoms with Crippen molar-refractivity contribution >= 4 is 12.0 Å². The summed E-state index contributed by atoms with van der Waals surface area (Å²) in [5.74, 6) is 1.14. The number of halogens is 1. The summed E-state index contributed by atoms with van der Waals surface area (Å²) in [4.78, 5) is 13.1. The Morgan fingerprint density at radius 3 is 2.59 bits per heavy atom. The van der Waals surface area contributed by atoms with Crippen LogP contribution in [0.15, 0.2) is 18.2 Å². The lowest BCUT2D eigenvalue weighted by atomic mass is 10.0. The SMILES string of the molecule is O=Cc1cccc(F)c1N1CC2CCCC2C1. The topological polar surface area (TPSA) is 20.3 Å². The lowest BCUT2D eigenvalue weighted by Crippen LogP contribution is -2.23. The number of aldehydes is 1. The van der Waals surface area contributed by atoms with Gasteiger partial charge in [-0.3, -0.25) is 4.79 Å². The van der Waals surface area contributed by atoms with E-state index in [0.717, 1.165) is 19.4 Å². The molecule has 1 saturated heterocycles. The highest BCUT2D eigenvalue weighted by atomic mass is 19.1. The fourth-order valence-corrected chi connectivity index (χ4v) is 3.38. The molecule has 1 aliphatic heterocycles. The van der Waals surface area contributed by atoms with Crippen molar-refractivity contribution in [2.45, 2.75) is 19.3 Å². The molecule has 0 bridgehead atoms. The molecular formula is C14H16FNO. The molecule has 0 N–H and O–H groups in total. The fourth-order valence-electron chi connectivity index (χ4n) is 3.38. The van der Waals surface area contributed by atoms with Crippen LogP contribution in [0.2, 0.25) is 0 Å². The summed E-state index contributed by atoms with van der Waals surface area (Å²) in [5.41, 5.74) is 0.988. The molecule has 0 aromatic heterocycles. The maximum absolute atomic E-state index is 13.9. The number of para-hydroxylation sites is 1. The van der Waals surface area contributed by atoms with Crippen LogP contribution in [-0.2, 0) is 0 Å². The summed E-state index contributed by atoms with van der Waals surface area (Å²) in [6, 6.07) is 4.73. The Morgan fingerprint density at radius 1 is 1.24 bits per heavy atom. The van der Waals surface area contributed by atoms with Crippen LogP contribution in [0.1, 0.15) is 29.6 Å². The molecule has 1 saturated carbocycles. The summed E-state index contributed by atoms with van der Waals surface area (Å²) >= 11 is 0. The Kier molecular flexibility index (Phi) is 2.61. The van der Waals surface area contributed by atoms with Crippen LogP contribution in [-0.4, -0.2) is 19.4 Å². The first kappa shape index (κ1) is 10.8. The Balaban J connectivity index is 1.92. The van der Waals surface area contributed by atoms with Crippen LogP contribution in [0, 0.1) is 17.7 Å². The van der Waals surface area contributed by atoms with E-state index < -0.39 is 0 Å². The molecule has 2 fully saturated rings. The van der Waals surface area contributed by atoms with Gasteiger partial charge in [-0.2, -0.15) is 0 Å². The van der Waals surface area contributed by atoms with Crippen LogP contribution < -0.4 is 4.90 Å². The highest BCUT2D eigenvalue weighted by Gasteiger charge is 2.37. The van der Waals surface area contributed by atoms with Crippen molar-refractivity contribution in [3.8, 4) is 0 Å². The van der Waals surface area contributed by atoms with E-state index in [1.54, 1.807) is 12.1 Å². The van der Waals surface area contributed by atoms with Crippen molar-refractivity contribution < 1.29 is 9.18 Å². The van der Waals surface area contributed by atoms with E-state index in [9.17, 15) is 9.18 Å². The molecule has 3 heteroatoms. The van der Waals surface area contributed by atoms with Gasteiger partial charge in [0.25, 0.3) is 0 Å². The highest BCUT2D eigenvalue weighted by molar-refractivity contribution is 5.85. The maximum Gasteiger partial charge on any atom is 0.152 e. The average Bonchev–Trinajstić information content (AvgIpc) is 2.88. The highest BCUT2D eigenvalue weighted by Crippen LogP contribution is 2.40. The molecule has 1 heterocycles. The minimum Gasteiger partial charge on any atom is -0.368 e. The maximum atomic E-state index is 13.9. The van der Waals surface area contributed by atoms with Gasteiger partial charge in [-0.25, -0.2) is 4.39 Å². The number of benzene rings is 1. The van der Waals surface area contributed by atoms with Gasteiger partial charge in [0.1, 0.15) is 5.82 Å². The van der Waals surface area contributed by atoms with Gasteiger partial charge in [-0.05, 0) is 36.8 Å². The minimum absolute atomic E-state index is 0.269. The first-order chi connectivity index (χ1) is 8.29. The lowest BCUT2D eigenvalue weighted by molar-refractivity contribution is 0.112. The largest absolute Gasteiger partial charge is 0.368 e. The number of carbonyl (C=O) groups excluding carboxylic acids is 1. The second-order valence-electron chi connectivity index (χ2n) is 5.15. The Morgan fingerprint density at radius 2 is 1.94 bits per heavy atom. The second-order valence-corrected chi connectivity index (χ2v) is 5.15. The predicted octanol–water partition coefficient (Wildman–Crippen LogP) is 2.87. The number of anilines is 1. The van der Waals surface area contributed by atoms with E-state index in [2.05, 4.69) is 4.90 Å². The van der Waals surface area contributed by atoms with Crippen LogP contribution in [0.5, 0.6) is 0 Å². The van der Waals surface area contributed by atoms with Gasteiger partial charge in [0, 0.05) is 18.7 Å². The van der Waals surface area contributed by atoms with Crippen molar-refractivity contribution in [1.29, 1.82) is 0 Å². The van der Waals surface area contributed by atoms with E-state index >= 15 is 0 Å². The molecule has 2 atom stereocenters. The third-order valence-electron chi connectivity index (χ3n) is 4.19. The zero-order valence-corrected chi connectivity index (χ0v) is 9.73. The fraction of sp³-hybridized carbons (Fsp3) is 0.500. The molecule has 3 rings (SSSR count). The van der Waals surface area contributed by atoms with E-state index in [-0.39, 0.29) is 5.82 Å². The van der Waals surface area contributed by atoms with Crippen molar-refractivity contribution in [3.05, 3.63) is 29.6 Å². The Hall–Kier alpha value is -1.38. The van der Waals surface area contributed by atoms with Gasteiger partial charge in [0.05, 0.1) is 5.69 Å². The Bertz CT molecular complexity index is 434. The van der Waals surface area contributed by atoms with Gasteiger partial charge >= 0.3 is 0 Å². The summed E-state index contributed by atoms with van der Waals surface area (Å²) in [6.07, 6.45) is 4.57. The van der Waals surface area contributed by atoms with Crippen molar-refractivity contribution in [2.24, 2.45) is 11.8 Å². The number of carbonyl (C=O) groups is 1. The van der Waals surface area contributed by atoms with Crippen LogP contribution in [0.4, 0.5) is 10.1 Å². The summed E-state index contributed by atoms with van der Waals surface area (Å²) in [5, 5.41) is 0. The Labute approximate surface area is 100 Å². The van der Waals surface area contributed by atoms with Gasteiger partial charge in [-0.15, -0.1) is 0 Å². The van der Waals surface area contributed by atoms with E-state index in [0.29, 0.717) is 23.1 Å². The molecule has 0 spiro atoms. The van der Waals surface area contributed by atoms with Crippen molar-refractivity contribution in [1.82, 2.24) is 0 Å². The molecule has 1 aliphatic carbocycles. The quantitative estimate of drug-likeness (QED) is 0.732. The molecule has 0 radical (unpaired) electrons. The molecule has 1 aromatic rings. The van der Waals surface area contributed by atoms with E-state index in [1.165, 1.54) is 25.3 Å². The summed E-state index contributed by atoms with van der Waals surface area (Å²) < 4.78 is 13.9. The smallest absolute Gasteiger partial charge is 0.152 e. The standard InChI is InChI=1S/C14H16FNO/c15-13-6-2-5-12(9-17)14(13)16-7-10-3-1-4-11(10)8-16/h2,5-6,9-11H,1,3-4,7-8H2. The minimum atomic E-state index is -0.269. The van der Waals surface area contributed by atoms with E-state index in [1.807, 2.05) is 0 Å². The zero-order chi connectivity index (χ0) is 11.8. The summed E-state index contributed by atoms with van der Waals surface area (Å²) in [7, 11) is 0. The summed E-state index contributed by atoms with van der Waals surface area (Å²) in [6.45, 7) is 1.82. The lowest BCUT2D eigenvalue weighted by Gasteiger charge is -2.21. The molecule has 2 aliphatic rings. The third-order valence-corrected chi connectivity index (χ3v) is 4.19. The first-order valence-corrected chi connectivity index (χ1v) is 6.28. The van der Waals surface area contributed by atoms with E-state index in [4.69, 9.17) is 0 Å². The third kappa shape index (κ3) is 1.74. The normalized spacial score (nSPS) is 27.2. The zero-order valence-electron chi connectivity index (χ0n) is 9.73. The monoisotopic (exact) mass is 233 g/mol. The van der Waals surface area contributed by atoms with Crippen LogP contribution in [0.3, 0.4) is 0 Å². The van der Waals surface area contributed by atoms with Crippen molar-refractivity contribution in [2.75, 3.05) is 18.0 Å². The molecule has 2 unspecified atom stereocenters. The molecule has 90 valence electrons. The molecule has 0 amide bonds. The first-order valence-electron chi connectivity index (χ1n) is 6.28. The molecule has 1 aromatic carbocycles. The van der Waals surface area contributed by atoms with Gasteiger partial charge in [0.15, 0.2) is 6.29 Å². The van der Waals surface area contributed by atoms with Gasteiger partial charge in [0.2, 0.25) is 0 Å². The number of hydrogen-bond acceptors (Lipinski definition) is 2.